The molecule has 0 spiro atoms. The lowest BCUT2D eigenvalue weighted by molar-refractivity contribution is 0.0746. The van der Waals surface area contributed by atoms with Crippen molar-refractivity contribution in [3.8, 4) is 5.69 Å². The molecule has 1 fully saturated rings. The van der Waals surface area contributed by atoms with Gasteiger partial charge in [0.15, 0.2) is 5.78 Å². The topological polar surface area (TPSA) is 95.5 Å². The first-order valence-electron chi connectivity index (χ1n) is 11.8. The predicted octanol–water partition coefficient (Wildman–Crippen LogP) is 3.15. The summed E-state index contributed by atoms with van der Waals surface area (Å²) in [4.78, 5) is 57.2. The van der Waals surface area contributed by atoms with Crippen LogP contribution in [0, 0.1) is 6.92 Å². The fourth-order valence-corrected chi connectivity index (χ4v) is 4.54. The molecule has 3 aromatic carbocycles. The molecule has 1 aliphatic rings. The molecule has 8 heteroatoms. The summed E-state index contributed by atoms with van der Waals surface area (Å²) in [6.45, 7) is 5.88. The number of piperazine rings is 1. The molecule has 2 heterocycles. The summed E-state index contributed by atoms with van der Waals surface area (Å²) in [5.41, 5.74) is 2.98. The fourth-order valence-electron chi connectivity index (χ4n) is 4.54. The van der Waals surface area contributed by atoms with Gasteiger partial charge in [0.2, 0.25) is 0 Å². The number of carbonyl (C=O) groups excluding carboxylic acids is 2. The van der Waals surface area contributed by atoms with E-state index in [0.717, 1.165) is 15.8 Å². The van der Waals surface area contributed by atoms with Gasteiger partial charge in [0.25, 0.3) is 11.5 Å². The predicted molar refractivity (Wildman–Crippen MR) is 139 cm³/mol. The van der Waals surface area contributed by atoms with Crippen LogP contribution >= 0.6 is 0 Å². The molecule has 0 saturated carbocycles. The van der Waals surface area contributed by atoms with E-state index in [1.54, 1.807) is 42.2 Å². The number of nitrogens with zero attached hydrogens (tertiary/aromatic N) is 3. The first-order valence-corrected chi connectivity index (χ1v) is 11.8. The van der Waals surface area contributed by atoms with Gasteiger partial charge in [-0.25, -0.2) is 9.36 Å². The SMILES string of the molecule is CC(=O)c1ccc(N2CCN(C(=O)c3ccc4c(=O)n(-c5ccc(C)cc5)c(=O)[nH]c4c3)CC2)cc1. The average molecular weight is 483 g/mol. The number of benzene rings is 3. The highest BCUT2D eigenvalue weighted by Crippen LogP contribution is 2.19. The first kappa shape index (κ1) is 23.3. The number of H-pyrrole nitrogens is 1. The Hall–Kier alpha value is -4.46. The maximum atomic E-state index is 13.2. The molecule has 1 amide bonds. The number of aryl methyl sites for hydroxylation is 1. The van der Waals surface area contributed by atoms with E-state index in [-0.39, 0.29) is 11.7 Å². The third kappa shape index (κ3) is 4.33. The molecule has 5 rings (SSSR count). The van der Waals surface area contributed by atoms with E-state index < -0.39 is 11.2 Å². The number of aromatic amines is 1. The van der Waals surface area contributed by atoms with Crippen LogP contribution in [-0.2, 0) is 0 Å². The Bertz CT molecular complexity index is 1580. The summed E-state index contributed by atoms with van der Waals surface area (Å²) in [6, 6.07) is 19.4. The lowest BCUT2D eigenvalue weighted by Crippen LogP contribution is -2.48. The largest absolute Gasteiger partial charge is 0.368 e. The quantitative estimate of drug-likeness (QED) is 0.451. The van der Waals surface area contributed by atoms with E-state index in [1.165, 1.54) is 0 Å². The van der Waals surface area contributed by atoms with Crippen LogP contribution in [0.4, 0.5) is 5.69 Å². The Labute approximate surface area is 207 Å². The van der Waals surface area contributed by atoms with Crippen LogP contribution in [0.2, 0.25) is 0 Å². The van der Waals surface area contributed by atoms with E-state index in [0.29, 0.717) is 53.9 Å². The number of nitrogens with one attached hydrogen (secondary N) is 1. The molecule has 1 N–H and O–H groups in total. The van der Waals surface area contributed by atoms with Crippen LogP contribution in [0.1, 0.15) is 33.2 Å². The second-order valence-electron chi connectivity index (χ2n) is 9.05. The highest BCUT2D eigenvalue weighted by atomic mass is 16.2. The van der Waals surface area contributed by atoms with Crippen molar-refractivity contribution in [1.29, 1.82) is 0 Å². The number of anilines is 1. The van der Waals surface area contributed by atoms with Crippen molar-refractivity contribution < 1.29 is 9.59 Å². The molecule has 1 aliphatic heterocycles. The van der Waals surface area contributed by atoms with Gasteiger partial charge in [-0.05, 0) is 68.4 Å². The monoisotopic (exact) mass is 482 g/mol. The number of hydrogen-bond donors (Lipinski definition) is 1. The number of Topliss-reactive ketones (excluding diaryl/α,β-unsaturated/α-hetero) is 1. The van der Waals surface area contributed by atoms with E-state index in [4.69, 9.17) is 0 Å². The third-order valence-corrected chi connectivity index (χ3v) is 6.64. The molecule has 0 radical (unpaired) electrons. The Kier molecular flexibility index (Phi) is 6.01. The highest BCUT2D eigenvalue weighted by Gasteiger charge is 2.23. The van der Waals surface area contributed by atoms with Crippen LogP contribution in [0.25, 0.3) is 16.6 Å². The summed E-state index contributed by atoms with van der Waals surface area (Å²) in [5.74, 6) is -0.116. The lowest BCUT2D eigenvalue weighted by Gasteiger charge is -2.36. The van der Waals surface area contributed by atoms with Gasteiger partial charge in [-0.1, -0.05) is 17.7 Å². The standard InChI is InChI=1S/C28H26N4O4/c1-18-3-8-23(9-4-18)32-27(35)24-12-7-21(17-25(24)29-28(32)36)26(34)31-15-13-30(14-16-31)22-10-5-20(6-11-22)19(2)33/h3-12,17H,13-16H2,1-2H3,(H,29,36). The zero-order valence-corrected chi connectivity index (χ0v) is 20.2. The van der Waals surface area contributed by atoms with Crippen molar-refractivity contribution in [1.82, 2.24) is 14.5 Å². The minimum absolute atomic E-state index is 0.0303. The molecule has 182 valence electrons. The highest BCUT2D eigenvalue weighted by molar-refractivity contribution is 5.98. The third-order valence-electron chi connectivity index (χ3n) is 6.64. The molecule has 4 aromatic rings. The number of fused-ring (bicyclic) bond motifs is 1. The molecule has 0 atom stereocenters. The molecule has 1 aromatic heterocycles. The fraction of sp³-hybridized carbons (Fsp3) is 0.214. The smallest absolute Gasteiger partial charge is 0.333 e. The Morgan fingerprint density at radius 3 is 2.03 bits per heavy atom. The van der Waals surface area contributed by atoms with Crippen LogP contribution in [-0.4, -0.2) is 52.3 Å². The van der Waals surface area contributed by atoms with Crippen molar-refractivity contribution >= 4 is 28.3 Å². The van der Waals surface area contributed by atoms with Gasteiger partial charge in [0, 0.05) is 43.0 Å². The van der Waals surface area contributed by atoms with Crippen molar-refractivity contribution in [2.24, 2.45) is 0 Å². The molecular formula is C28H26N4O4. The van der Waals surface area contributed by atoms with E-state index in [9.17, 15) is 19.2 Å². The van der Waals surface area contributed by atoms with E-state index >= 15 is 0 Å². The van der Waals surface area contributed by atoms with Crippen LogP contribution in [0.15, 0.2) is 76.3 Å². The van der Waals surface area contributed by atoms with E-state index in [1.807, 2.05) is 43.3 Å². The first-order chi connectivity index (χ1) is 17.3. The van der Waals surface area contributed by atoms with Gasteiger partial charge >= 0.3 is 5.69 Å². The van der Waals surface area contributed by atoms with Gasteiger partial charge in [0.1, 0.15) is 0 Å². The van der Waals surface area contributed by atoms with Gasteiger partial charge in [-0.3, -0.25) is 14.4 Å². The zero-order chi connectivity index (χ0) is 25.4. The Balaban J connectivity index is 1.35. The Morgan fingerprint density at radius 2 is 1.39 bits per heavy atom. The second-order valence-corrected chi connectivity index (χ2v) is 9.05. The molecule has 36 heavy (non-hydrogen) atoms. The molecular weight excluding hydrogens is 456 g/mol. The van der Waals surface area contributed by atoms with Gasteiger partial charge < -0.3 is 14.8 Å². The number of carbonyl (C=O) groups is 2. The average Bonchev–Trinajstić information content (AvgIpc) is 2.89. The molecule has 0 aliphatic carbocycles. The maximum absolute atomic E-state index is 13.2. The van der Waals surface area contributed by atoms with Crippen molar-refractivity contribution in [2.75, 3.05) is 31.1 Å². The normalized spacial score (nSPS) is 13.7. The molecule has 0 bridgehead atoms. The summed E-state index contributed by atoms with van der Waals surface area (Å²) in [6.07, 6.45) is 0. The van der Waals surface area contributed by atoms with Crippen LogP contribution < -0.4 is 16.1 Å². The number of amides is 1. The summed E-state index contributed by atoms with van der Waals surface area (Å²) in [7, 11) is 0. The van der Waals surface area contributed by atoms with E-state index in [2.05, 4.69) is 9.88 Å². The van der Waals surface area contributed by atoms with Crippen LogP contribution in [0.3, 0.4) is 0 Å². The Morgan fingerprint density at radius 1 is 0.778 bits per heavy atom. The van der Waals surface area contributed by atoms with Gasteiger partial charge in [-0.2, -0.15) is 0 Å². The maximum Gasteiger partial charge on any atom is 0.333 e. The number of hydrogen-bond acceptors (Lipinski definition) is 5. The number of ketones is 1. The molecule has 8 nitrogen and oxygen atoms in total. The van der Waals surface area contributed by atoms with Gasteiger partial charge in [0.05, 0.1) is 16.6 Å². The number of aromatic nitrogens is 2. The minimum Gasteiger partial charge on any atom is -0.368 e. The molecule has 0 unspecified atom stereocenters. The van der Waals surface area contributed by atoms with Crippen molar-refractivity contribution in [3.63, 3.8) is 0 Å². The summed E-state index contributed by atoms with van der Waals surface area (Å²) >= 11 is 0. The van der Waals surface area contributed by atoms with Crippen molar-refractivity contribution in [2.45, 2.75) is 13.8 Å². The van der Waals surface area contributed by atoms with Crippen molar-refractivity contribution in [3.05, 3.63) is 104 Å². The van der Waals surface area contributed by atoms with Gasteiger partial charge in [-0.15, -0.1) is 0 Å². The lowest BCUT2D eigenvalue weighted by atomic mass is 10.1. The summed E-state index contributed by atoms with van der Waals surface area (Å²) < 4.78 is 1.10. The number of rotatable bonds is 4. The second kappa shape index (κ2) is 9.30. The molecule has 1 saturated heterocycles. The van der Waals surface area contributed by atoms with Crippen LogP contribution in [0.5, 0.6) is 0 Å². The minimum atomic E-state index is -0.551. The zero-order valence-electron chi connectivity index (χ0n) is 20.2. The summed E-state index contributed by atoms with van der Waals surface area (Å²) in [5, 5.41) is 0.338.